The second-order valence-corrected chi connectivity index (χ2v) is 6.01. The maximum Gasteiger partial charge on any atom is 0.319 e. The molecule has 21 heavy (non-hydrogen) atoms. The van der Waals surface area contributed by atoms with Crippen molar-refractivity contribution in [2.24, 2.45) is 5.92 Å². The molecule has 0 aromatic rings. The number of hydrogen-bond acceptors (Lipinski definition) is 2. The largest absolute Gasteiger partial charge is 0.481 e. The molecule has 122 valence electrons. The lowest BCUT2D eigenvalue weighted by Crippen LogP contribution is -2.47. The van der Waals surface area contributed by atoms with E-state index in [1.54, 1.807) is 0 Å². The van der Waals surface area contributed by atoms with Gasteiger partial charge in [-0.2, -0.15) is 0 Å². The highest BCUT2D eigenvalue weighted by Crippen LogP contribution is 2.21. The van der Waals surface area contributed by atoms with Crippen LogP contribution in [0.5, 0.6) is 0 Å². The lowest BCUT2D eigenvalue weighted by Gasteiger charge is -2.35. The van der Waals surface area contributed by atoms with Crippen molar-refractivity contribution in [1.29, 1.82) is 0 Å². The molecule has 1 saturated heterocycles. The maximum atomic E-state index is 12.6. The molecule has 1 N–H and O–H groups in total. The monoisotopic (exact) mass is 298 g/mol. The van der Waals surface area contributed by atoms with E-state index in [-0.39, 0.29) is 18.4 Å². The number of likely N-dealkylation sites (tertiary alicyclic amines) is 1. The zero-order chi connectivity index (χ0) is 15.7. The van der Waals surface area contributed by atoms with E-state index >= 15 is 0 Å². The Kier molecular flexibility index (Phi) is 8.16. The third-order valence-corrected chi connectivity index (χ3v) is 4.18. The molecule has 0 saturated carbocycles. The normalized spacial score (nSPS) is 16.0. The van der Waals surface area contributed by atoms with E-state index in [9.17, 15) is 9.59 Å². The highest BCUT2D eigenvalue weighted by Gasteiger charge is 2.26. The van der Waals surface area contributed by atoms with Crippen molar-refractivity contribution < 1.29 is 14.7 Å². The first-order chi connectivity index (χ1) is 10.1. The summed E-state index contributed by atoms with van der Waals surface area (Å²) in [6.07, 6.45) is 6.14. The van der Waals surface area contributed by atoms with Crippen molar-refractivity contribution in [3.8, 4) is 0 Å². The second kappa shape index (κ2) is 9.64. The Hall–Kier alpha value is -1.26. The number of amides is 2. The first-order valence-electron chi connectivity index (χ1n) is 8.34. The summed E-state index contributed by atoms with van der Waals surface area (Å²) in [4.78, 5) is 27.2. The average Bonchev–Trinajstić information content (AvgIpc) is 2.47. The number of urea groups is 1. The molecule has 1 heterocycles. The average molecular weight is 298 g/mol. The summed E-state index contributed by atoms with van der Waals surface area (Å²) in [5.41, 5.74) is 0. The SMILES string of the molecule is CCCCN(CCCC)C(=O)N1CCC(CC(=O)O)CC1. The fourth-order valence-corrected chi connectivity index (χ4v) is 2.78. The smallest absolute Gasteiger partial charge is 0.319 e. The molecule has 0 aliphatic carbocycles. The highest BCUT2D eigenvalue weighted by atomic mass is 16.4. The quantitative estimate of drug-likeness (QED) is 0.748. The first-order valence-corrected chi connectivity index (χ1v) is 8.34. The predicted octanol–water partition coefficient (Wildman–Crippen LogP) is 3.20. The van der Waals surface area contributed by atoms with Crippen LogP contribution in [0.1, 0.15) is 58.8 Å². The van der Waals surface area contributed by atoms with E-state index in [0.29, 0.717) is 13.1 Å². The molecule has 5 heteroatoms. The number of carbonyl (C=O) groups is 2. The van der Waals surface area contributed by atoms with Gasteiger partial charge in [0.15, 0.2) is 0 Å². The number of unbranched alkanes of at least 4 members (excludes halogenated alkanes) is 2. The van der Waals surface area contributed by atoms with Crippen LogP contribution in [0.25, 0.3) is 0 Å². The van der Waals surface area contributed by atoms with Gasteiger partial charge in [-0.05, 0) is 31.6 Å². The van der Waals surface area contributed by atoms with Crippen molar-refractivity contribution in [2.45, 2.75) is 58.8 Å². The first kappa shape index (κ1) is 17.8. The zero-order valence-electron chi connectivity index (χ0n) is 13.5. The van der Waals surface area contributed by atoms with Crippen molar-refractivity contribution in [3.63, 3.8) is 0 Å². The van der Waals surface area contributed by atoms with Gasteiger partial charge in [0.25, 0.3) is 0 Å². The number of carbonyl (C=O) groups excluding carboxylic acids is 1. The Morgan fingerprint density at radius 3 is 2.05 bits per heavy atom. The molecular formula is C16H30N2O3. The Morgan fingerprint density at radius 1 is 1.10 bits per heavy atom. The molecule has 0 aromatic heterocycles. The van der Waals surface area contributed by atoms with E-state index < -0.39 is 5.97 Å². The van der Waals surface area contributed by atoms with E-state index in [0.717, 1.165) is 51.6 Å². The van der Waals surface area contributed by atoms with Crippen molar-refractivity contribution in [1.82, 2.24) is 9.80 Å². The second-order valence-electron chi connectivity index (χ2n) is 6.01. The molecule has 2 amide bonds. The molecule has 0 radical (unpaired) electrons. The van der Waals surface area contributed by atoms with Crippen LogP contribution in [0.15, 0.2) is 0 Å². The Morgan fingerprint density at radius 2 is 1.62 bits per heavy atom. The van der Waals surface area contributed by atoms with Crippen LogP contribution in [0.3, 0.4) is 0 Å². The molecule has 1 aliphatic rings. The highest BCUT2D eigenvalue weighted by molar-refractivity contribution is 5.74. The summed E-state index contributed by atoms with van der Waals surface area (Å²) < 4.78 is 0. The van der Waals surface area contributed by atoms with Gasteiger partial charge in [0.1, 0.15) is 0 Å². The van der Waals surface area contributed by atoms with Crippen LogP contribution in [0, 0.1) is 5.92 Å². The van der Waals surface area contributed by atoms with Gasteiger partial charge >= 0.3 is 12.0 Å². The number of piperidine rings is 1. The molecular weight excluding hydrogens is 268 g/mol. The molecule has 0 spiro atoms. The van der Waals surface area contributed by atoms with Crippen LogP contribution in [-0.2, 0) is 4.79 Å². The van der Waals surface area contributed by atoms with E-state index in [1.165, 1.54) is 0 Å². The lowest BCUT2D eigenvalue weighted by atomic mass is 9.94. The third-order valence-electron chi connectivity index (χ3n) is 4.18. The fraction of sp³-hybridized carbons (Fsp3) is 0.875. The Labute approximate surface area is 128 Å². The molecule has 0 unspecified atom stereocenters. The number of rotatable bonds is 8. The number of hydrogen-bond donors (Lipinski definition) is 1. The van der Waals surface area contributed by atoms with Crippen molar-refractivity contribution >= 4 is 12.0 Å². The summed E-state index contributed by atoms with van der Waals surface area (Å²) in [6.45, 7) is 7.35. The standard InChI is InChI=1S/C16H30N2O3/c1-3-5-9-17(10-6-4-2)16(21)18-11-7-14(8-12-18)13-15(19)20/h14H,3-13H2,1-2H3,(H,19,20). The fourth-order valence-electron chi connectivity index (χ4n) is 2.78. The minimum Gasteiger partial charge on any atom is -0.481 e. The van der Waals surface area contributed by atoms with E-state index in [4.69, 9.17) is 5.11 Å². The summed E-state index contributed by atoms with van der Waals surface area (Å²) in [5, 5.41) is 8.83. The molecule has 0 aromatic carbocycles. The Balaban J connectivity index is 2.46. The van der Waals surface area contributed by atoms with Crippen LogP contribution in [-0.4, -0.2) is 53.1 Å². The van der Waals surface area contributed by atoms with E-state index in [2.05, 4.69) is 13.8 Å². The van der Waals surface area contributed by atoms with Gasteiger partial charge in [-0.3, -0.25) is 4.79 Å². The van der Waals surface area contributed by atoms with Gasteiger partial charge in [0.2, 0.25) is 0 Å². The van der Waals surface area contributed by atoms with Gasteiger partial charge in [-0.1, -0.05) is 26.7 Å². The van der Waals surface area contributed by atoms with Crippen molar-refractivity contribution in [2.75, 3.05) is 26.2 Å². The number of aliphatic carboxylic acids is 1. The molecule has 5 nitrogen and oxygen atoms in total. The van der Waals surface area contributed by atoms with E-state index in [1.807, 2.05) is 9.80 Å². The Bertz CT molecular complexity index is 317. The number of carboxylic acid groups (broad SMARTS) is 1. The van der Waals surface area contributed by atoms with Gasteiger partial charge in [-0.15, -0.1) is 0 Å². The summed E-state index contributed by atoms with van der Waals surface area (Å²) in [6, 6.07) is 0.144. The van der Waals surface area contributed by atoms with Crippen LogP contribution in [0.2, 0.25) is 0 Å². The van der Waals surface area contributed by atoms with Gasteiger partial charge < -0.3 is 14.9 Å². The summed E-state index contributed by atoms with van der Waals surface area (Å²) in [5.74, 6) is -0.501. The number of nitrogens with zero attached hydrogens (tertiary/aromatic N) is 2. The van der Waals surface area contributed by atoms with Crippen molar-refractivity contribution in [3.05, 3.63) is 0 Å². The predicted molar refractivity (Wildman–Crippen MR) is 83.3 cm³/mol. The topological polar surface area (TPSA) is 60.9 Å². The summed E-state index contributed by atoms with van der Waals surface area (Å²) >= 11 is 0. The van der Waals surface area contributed by atoms with Gasteiger partial charge in [0.05, 0.1) is 0 Å². The van der Waals surface area contributed by atoms with Gasteiger partial charge in [0, 0.05) is 32.6 Å². The molecule has 0 atom stereocenters. The zero-order valence-corrected chi connectivity index (χ0v) is 13.5. The number of carboxylic acids is 1. The van der Waals surface area contributed by atoms with Crippen LogP contribution < -0.4 is 0 Å². The molecule has 1 aliphatic heterocycles. The van der Waals surface area contributed by atoms with Crippen LogP contribution >= 0.6 is 0 Å². The summed E-state index contributed by atoms with van der Waals surface area (Å²) in [7, 11) is 0. The minimum absolute atomic E-state index is 0.144. The van der Waals surface area contributed by atoms with Gasteiger partial charge in [-0.25, -0.2) is 4.79 Å². The van der Waals surface area contributed by atoms with Crippen LogP contribution in [0.4, 0.5) is 4.79 Å². The molecule has 1 fully saturated rings. The molecule has 1 rings (SSSR count). The molecule has 0 bridgehead atoms. The minimum atomic E-state index is -0.729. The maximum absolute atomic E-state index is 12.6. The lowest BCUT2D eigenvalue weighted by molar-refractivity contribution is -0.138. The third kappa shape index (κ3) is 6.36.